The number of amidine groups is 1. The lowest BCUT2D eigenvalue weighted by Gasteiger charge is -2.14. The summed E-state index contributed by atoms with van der Waals surface area (Å²) in [7, 11) is 1.63. The number of aliphatic imine (C=N–C) groups is 1. The number of thiazole rings is 1. The molecule has 6 heteroatoms. The summed E-state index contributed by atoms with van der Waals surface area (Å²) in [6.07, 6.45) is 1.80. The van der Waals surface area contributed by atoms with Crippen LogP contribution < -0.4 is 9.64 Å². The van der Waals surface area contributed by atoms with E-state index in [2.05, 4.69) is 26.0 Å². The molecule has 1 aliphatic heterocycles. The van der Waals surface area contributed by atoms with Crippen molar-refractivity contribution in [2.45, 2.75) is 13.8 Å². The van der Waals surface area contributed by atoms with E-state index in [9.17, 15) is 4.79 Å². The Labute approximate surface area is 190 Å². The lowest BCUT2D eigenvalue weighted by Crippen LogP contribution is -2.32. The van der Waals surface area contributed by atoms with Crippen LogP contribution in [0.5, 0.6) is 5.75 Å². The van der Waals surface area contributed by atoms with Crippen LogP contribution in [0, 0.1) is 13.8 Å². The van der Waals surface area contributed by atoms with E-state index < -0.39 is 0 Å². The lowest BCUT2D eigenvalue weighted by molar-refractivity contribution is -0.113. The quantitative estimate of drug-likeness (QED) is 0.380. The zero-order valence-electron chi connectivity index (χ0n) is 18.0. The van der Waals surface area contributed by atoms with Gasteiger partial charge in [0.15, 0.2) is 5.13 Å². The molecule has 158 valence electrons. The molecule has 0 radical (unpaired) electrons. The highest BCUT2D eigenvalue weighted by atomic mass is 32.1. The van der Waals surface area contributed by atoms with E-state index >= 15 is 0 Å². The number of hydrogen-bond acceptors (Lipinski definition) is 5. The van der Waals surface area contributed by atoms with Gasteiger partial charge in [-0.25, -0.2) is 14.9 Å². The highest BCUT2D eigenvalue weighted by Crippen LogP contribution is 2.35. The van der Waals surface area contributed by atoms with Crippen LogP contribution in [0.15, 0.2) is 77.4 Å². The van der Waals surface area contributed by atoms with Crippen LogP contribution in [0.1, 0.15) is 22.3 Å². The molecule has 0 N–H and O–H groups in total. The third kappa shape index (κ3) is 3.59. The number of rotatable bonds is 4. The van der Waals surface area contributed by atoms with Crippen molar-refractivity contribution in [3.63, 3.8) is 0 Å². The lowest BCUT2D eigenvalue weighted by atomic mass is 10.1. The van der Waals surface area contributed by atoms with Crippen molar-refractivity contribution in [2.24, 2.45) is 4.99 Å². The van der Waals surface area contributed by atoms with E-state index in [4.69, 9.17) is 14.7 Å². The van der Waals surface area contributed by atoms with Crippen LogP contribution in [0.4, 0.5) is 5.13 Å². The number of hydrogen-bond donors (Lipinski definition) is 0. The summed E-state index contributed by atoms with van der Waals surface area (Å²) in [5, 5.41) is 0.621. The molecular formula is C26H21N3O2S. The van der Waals surface area contributed by atoms with Gasteiger partial charge in [-0.2, -0.15) is 0 Å². The standard InChI is InChI=1S/C26H21N3O2S/c1-16-13-21-23(14-17(16)2)32-26(28-21)29-24(19-7-5-4-6-8-19)27-22(25(29)30)15-18-9-11-20(31-3)12-10-18/h4-15H,1-3H3/b22-15-. The van der Waals surface area contributed by atoms with Gasteiger partial charge in [-0.15, -0.1) is 0 Å². The average molecular weight is 440 g/mol. The Morgan fingerprint density at radius 2 is 1.69 bits per heavy atom. The van der Waals surface area contributed by atoms with Gasteiger partial charge in [0.1, 0.15) is 17.3 Å². The molecule has 32 heavy (non-hydrogen) atoms. The summed E-state index contributed by atoms with van der Waals surface area (Å²) >= 11 is 1.50. The molecule has 2 heterocycles. The van der Waals surface area contributed by atoms with Crippen LogP contribution >= 0.6 is 11.3 Å². The molecule has 3 aromatic carbocycles. The molecule has 4 aromatic rings. The van der Waals surface area contributed by atoms with E-state index in [-0.39, 0.29) is 5.91 Å². The Morgan fingerprint density at radius 1 is 0.969 bits per heavy atom. The first-order valence-corrected chi connectivity index (χ1v) is 11.1. The molecule has 0 aliphatic carbocycles. The number of benzene rings is 3. The minimum absolute atomic E-state index is 0.188. The van der Waals surface area contributed by atoms with E-state index in [0.717, 1.165) is 27.1 Å². The van der Waals surface area contributed by atoms with E-state index in [1.165, 1.54) is 22.5 Å². The van der Waals surface area contributed by atoms with Crippen molar-refractivity contribution in [2.75, 3.05) is 12.0 Å². The second kappa shape index (κ2) is 8.05. The van der Waals surface area contributed by atoms with E-state index in [1.807, 2.05) is 54.6 Å². The Morgan fingerprint density at radius 3 is 2.41 bits per heavy atom. The number of fused-ring (bicyclic) bond motifs is 1. The molecule has 1 amide bonds. The second-order valence-electron chi connectivity index (χ2n) is 7.65. The van der Waals surface area contributed by atoms with Crippen LogP contribution in [-0.4, -0.2) is 23.8 Å². The first-order valence-electron chi connectivity index (χ1n) is 10.3. The third-order valence-electron chi connectivity index (χ3n) is 5.50. The zero-order chi connectivity index (χ0) is 22.2. The number of ether oxygens (including phenoxy) is 1. The van der Waals surface area contributed by atoms with E-state index in [1.54, 1.807) is 18.1 Å². The van der Waals surface area contributed by atoms with Crippen molar-refractivity contribution in [3.8, 4) is 5.75 Å². The highest BCUT2D eigenvalue weighted by Gasteiger charge is 2.34. The minimum Gasteiger partial charge on any atom is -0.497 e. The van der Waals surface area contributed by atoms with Gasteiger partial charge in [-0.3, -0.25) is 4.79 Å². The maximum absolute atomic E-state index is 13.5. The first-order chi connectivity index (χ1) is 15.5. The smallest absolute Gasteiger partial charge is 0.284 e. The molecule has 5 rings (SSSR count). The fourth-order valence-electron chi connectivity index (χ4n) is 3.60. The molecule has 0 saturated carbocycles. The number of carbonyl (C=O) groups excluding carboxylic acids is 1. The molecule has 0 bridgehead atoms. The summed E-state index contributed by atoms with van der Waals surface area (Å²) in [6, 6.07) is 21.5. The summed E-state index contributed by atoms with van der Waals surface area (Å²) in [4.78, 5) is 24.7. The van der Waals surface area contributed by atoms with Gasteiger partial charge in [0.25, 0.3) is 5.91 Å². The fraction of sp³-hybridized carbons (Fsp3) is 0.115. The molecule has 1 aromatic heterocycles. The van der Waals surface area contributed by atoms with Gasteiger partial charge in [-0.1, -0.05) is 53.8 Å². The number of aromatic nitrogens is 1. The van der Waals surface area contributed by atoms with Gasteiger partial charge in [0, 0.05) is 5.56 Å². The Kier molecular flexibility index (Phi) is 5.07. The molecule has 0 atom stereocenters. The van der Waals surface area contributed by atoms with Crippen LogP contribution in [0.3, 0.4) is 0 Å². The molecular weight excluding hydrogens is 418 g/mol. The molecule has 1 aliphatic rings. The highest BCUT2D eigenvalue weighted by molar-refractivity contribution is 7.22. The third-order valence-corrected chi connectivity index (χ3v) is 6.50. The van der Waals surface area contributed by atoms with Crippen molar-refractivity contribution in [1.82, 2.24) is 4.98 Å². The topological polar surface area (TPSA) is 54.8 Å². The Bertz CT molecular complexity index is 1350. The molecule has 0 fully saturated rings. The second-order valence-corrected chi connectivity index (χ2v) is 8.65. The maximum Gasteiger partial charge on any atom is 0.284 e. The summed E-state index contributed by atoms with van der Waals surface area (Å²) in [6.45, 7) is 4.16. The van der Waals surface area contributed by atoms with Gasteiger partial charge in [0.2, 0.25) is 0 Å². The number of methoxy groups -OCH3 is 1. The first kappa shape index (κ1) is 20.2. The summed E-state index contributed by atoms with van der Waals surface area (Å²) < 4.78 is 6.28. The number of amides is 1. The number of nitrogens with zero attached hydrogens (tertiary/aromatic N) is 3. The minimum atomic E-state index is -0.188. The van der Waals surface area contributed by atoms with Crippen molar-refractivity contribution < 1.29 is 9.53 Å². The van der Waals surface area contributed by atoms with Gasteiger partial charge < -0.3 is 4.74 Å². The fourth-order valence-corrected chi connectivity index (χ4v) is 4.64. The predicted molar refractivity (Wildman–Crippen MR) is 131 cm³/mol. The number of anilines is 1. The zero-order valence-corrected chi connectivity index (χ0v) is 18.8. The SMILES string of the molecule is COc1ccc(/C=C2\N=C(c3ccccc3)N(c3nc4cc(C)c(C)cc4s3)C2=O)cc1. The largest absolute Gasteiger partial charge is 0.497 e. The van der Waals surface area contributed by atoms with Crippen LogP contribution in [0.2, 0.25) is 0 Å². The number of aryl methyl sites for hydroxylation is 2. The van der Waals surface area contributed by atoms with Crippen molar-refractivity contribution >= 4 is 44.5 Å². The maximum atomic E-state index is 13.5. The van der Waals surface area contributed by atoms with Gasteiger partial charge >= 0.3 is 0 Å². The van der Waals surface area contributed by atoms with Crippen LogP contribution in [0.25, 0.3) is 16.3 Å². The molecule has 5 nitrogen and oxygen atoms in total. The Balaban J connectivity index is 1.61. The predicted octanol–water partition coefficient (Wildman–Crippen LogP) is 5.76. The summed E-state index contributed by atoms with van der Waals surface area (Å²) in [5.74, 6) is 1.16. The van der Waals surface area contributed by atoms with Gasteiger partial charge in [-0.05, 0) is 60.9 Å². The number of carbonyl (C=O) groups is 1. The van der Waals surface area contributed by atoms with Gasteiger partial charge in [0.05, 0.1) is 17.3 Å². The van der Waals surface area contributed by atoms with Crippen molar-refractivity contribution in [1.29, 1.82) is 0 Å². The molecule has 0 spiro atoms. The Hall–Kier alpha value is -3.77. The summed E-state index contributed by atoms with van der Waals surface area (Å²) in [5.41, 5.74) is 5.39. The molecule has 0 unspecified atom stereocenters. The normalized spacial score (nSPS) is 15.0. The average Bonchev–Trinajstić information content (AvgIpc) is 3.35. The van der Waals surface area contributed by atoms with Crippen LogP contribution in [-0.2, 0) is 4.79 Å². The van der Waals surface area contributed by atoms with Crippen molar-refractivity contribution in [3.05, 3.63) is 94.7 Å². The monoisotopic (exact) mass is 439 g/mol. The van der Waals surface area contributed by atoms with E-state index in [0.29, 0.717) is 16.7 Å². The molecule has 0 saturated heterocycles.